The maximum atomic E-state index is 13.3. The van der Waals surface area contributed by atoms with Crippen LogP contribution in [0.15, 0.2) is 24.4 Å². The minimum atomic E-state index is -0.262. The second kappa shape index (κ2) is 3.70. The molecule has 0 saturated carbocycles. The smallest absolute Gasteiger partial charge is 0.123 e. The van der Waals surface area contributed by atoms with Crippen molar-refractivity contribution >= 4 is 22.5 Å². The fourth-order valence-electron chi connectivity index (χ4n) is 1.90. The summed E-state index contributed by atoms with van der Waals surface area (Å²) in [7, 11) is 0. The Balaban J connectivity index is 2.88. The van der Waals surface area contributed by atoms with Gasteiger partial charge in [0.15, 0.2) is 0 Å². The van der Waals surface area contributed by atoms with Crippen LogP contribution in [-0.2, 0) is 5.41 Å². The summed E-state index contributed by atoms with van der Waals surface area (Å²) in [5.41, 5.74) is 1.58. The van der Waals surface area contributed by atoms with Gasteiger partial charge in [-0.1, -0.05) is 32.4 Å². The van der Waals surface area contributed by atoms with Gasteiger partial charge in [0.2, 0.25) is 0 Å². The fourth-order valence-corrected chi connectivity index (χ4v) is 2.34. The van der Waals surface area contributed by atoms with Crippen molar-refractivity contribution in [2.24, 2.45) is 0 Å². The summed E-state index contributed by atoms with van der Waals surface area (Å²) < 4.78 is 13.3. The molecule has 0 atom stereocenters. The first-order valence-electron chi connectivity index (χ1n) is 5.14. The van der Waals surface area contributed by atoms with Crippen LogP contribution in [0.4, 0.5) is 4.39 Å². The number of aromatic nitrogens is 1. The molecule has 0 radical (unpaired) electrons. The van der Waals surface area contributed by atoms with Crippen LogP contribution >= 0.6 is 11.6 Å². The van der Waals surface area contributed by atoms with Gasteiger partial charge in [0.05, 0.1) is 10.5 Å². The molecule has 84 valence electrons. The molecule has 1 aromatic carbocycles. The molecule has 1 aromatic heterocycles. The third-order valence-electron chi connectivity index (χ3n) is 2.53. The number of nitrogens with zero attached hydrogens (tertiary/aromatic N) is 1. The summed E-state index contributed by atoms with van der Waals surface area (Å²) >= 11 is 6.16. The average molecular weight is 238 g/mol. The van der Waals surface area contributed by atoms with Crippen molar-refractivity contribution in [3.63, 3.8) is 0 Å². The van der Waals surface area contributed by atoms with Crippen molar-refractivity contribution in [1.29, 1.82) is 0 Å². The van der Waals surface area contributed by atoms with Crippen LogP contribution in [0, 0.1) is 5.82 Å². The highest BCUT2D eigenvalue weighted by molar-refractivity contribution is 6.32. The first kappa shape index (κ1) is 11.3. The van der Waals surface area contributed by atoms with Gasteiger partial charge in [-0.25, -0.2) is 4.39 Å². The lowest BCUT2D eigenvalue weighted by Gasteiger charge is -2.22. The molecule has 0 saturated heterocycles. The van der Waals surface area contributed by atoms with Gasteiger partial charge in [0.25, 0.3) is 0 Å². The number of hydrogen-bond donors (Lipinski definition) is 0. The minimum Gasteiger partial charge on any atom is -0.255 e. The Morgan fingerprint density at radius 2 is 1.94 bits per heavy atom. The highest BCUT2D eigenvalue weighted by atomic mass is 35.5. The predicted octanol–water partition coefficient (Wildman–Crippen LogP) is 4.32. The maximum absolute atomic E-state index is 13.3. The van der Waals surface area contributed by atoms with E-state index in [-0.39, 0.29) is 11.2 Å². The van der Waals surface area contributed by atoms with Crippen LogP contribution in [0.25, 0.3) is 10.9 Å². The van der Waals surface area contributed by atoms with Crippen LogP contribution in [-0.4, -0.2) is 4.98 Å². The topological polar surface area (TPSA) is 12.9 Å². The van der Waals surface area contributed by atoms with E-state index in [0.29, 0.717) is 5.02 Å². The Hall–Kier alpha value is -1.15. The van der Waals surface area contributed by atoms with Crippen molar-refractivity contribution in [1.82, 2.24) is 4.98 Å². The first-order chi connectivity index (χ1) is 7.39. The summed E-state index contributed by atoms with van der Waals surface area (Å²) in [5.74, 6) is -0.262. The number of halogens is 2. The normalized spacial score (nSPS) is 12.1. The average Bonchev–Trinajstić information content (AvgIpc) is 2.14. The van der Waals surface area contributed by atoms with Crippen molar-refractivity contribution in [2.75, 3.05) is 0 Å². The molecule has 0 aliphatic heterocycles. The number of rotatable bonds is 0. The summed E-state index contributed by atoms with van der Waals surface area (Å²) in [6, 6.07) is 4.58. The summed E-state index contributed by atoms with van der Waals surface area (Å²) in [4.78, 5) is 4.20. The van der Waals surface area contributed by atoms with Crippen LogP contribution in [0.2, 0.25) is 5.02 Å². The predicted molar refractivity (Wildman–Crippen MR) is 65.4 cm³/mol. The lowest BCUT2D eigenvalue weighted by Crippen LogP contribution is -2.13. The number of benzene rings is 1. The van der Waals surface area contributed by atoms with E-state index in [0.717, 1.165) is 16.5 Å². The zero-order chi connectivity index (χ0) is 11.9. The van der Waals surface area contributed by atoms with Crippen molar-refractivity contribution in [2.45, 2.75) is 26.2 Å². The molecule has 3 heteroatoms. The van der Waals surface area contributed by atoms with Gasteiger partial charge in [-0.05, 0) is 29.2 Å². The Bertz CT molecular complexity index is 538. The fraction of sp³-hybridized carbons (Fsp3) is 0.308. The zero-order valence-corrected chi connectivity index (χ0v) is 10.3. The van der Waals surface area contributed by atoms with Crippen molar-refractivity contribution in [3.8, 4) is 0 Å². The largest absolute Gasteiger partial charge is 0.255 e. The highest BCUT2D eigenvalue weighted by Gasteiger charge is 2.21. The second-order valence-corrected chi connectivity index (χ2v) is 5.30. The van der Waals surface area contributed by atoms with E-state index in [1.165, 1.54) is 12.1 Å². The van der Waals surface area contributed by atoms with E-state index < -0.39 is 0 Å². The first-order valence-corrected chi connectivity index (χ1v) is 5.51. The molecule has 1 nitrogen and oxygen atoms in total. The molecule has 0 amide bonds. The van der Waals surface area contributed by atoms with Crippen LogP contribution < -0.4 is 0 Å². The van der Waals surface area contributed by atoms with E-state index in [2.05, 4.69) is 25.8 Å². The Morgan fingerprint density at radius 1 is 1.25 bits per heavy atom. The van der Waals surface area contributed by atoms with Gasteiger partial charge >= 0.3 is 0 Å². The van der Waals surface area contributed by atoms with Crippen molar-refractivity contribution < 1.29 is 4.39 Å². The Labute approximate surface area is 99.3 Å². The van der Waals surface area contributed by atoms with Crippen LogP contribution in [0.5, 0.6) is 0 Å². The van der Waals surface area contributed by atoms with Crippen LogP contribution in [0.3, 0.4) is 0 Å². The lowest BCUT2D eigenvalue weighted by molar-refractivity contribution is 0.594. The van der Waals surface area contributed by atoms with Gasteiger partial charge in [0.1, 0.15) is 5.82 Å². The second-order valence-electron chi connectivity index (χ2n) is 4.89. The van der Waals surface area contributed by atoms with Crippen LogP contribution in [0.1, 0.15) is 26.3 Å². The molecule has 16 heavy (non-hydrogen) atoms. The molecule has 0 aliphatic rings. The lowest BCUT2D eigenvalue weighted by atomic mass is 9.85. The summed E-state index contributed by atoms with van der Waals surface area (Å²) in [6.45, 7) is 6.16. The molecule has 0 aliphatic carbocycles. The number of fused-ring (bicyclic) bond motifs is 1. The minimum absolute atomic E-state index is 0.133. The quantitative estimate of drug-likeness (QED) is 0.665. The summed E-state index contributed by atoms with van der Waals surface area (Å²) in [6.07, 6.45) is 1.63. The van der Waals surface area contributed by atoms with Gasteiger partial charge in [-0.2, -0.15) is 0 Å². The molecule has 2 aromatic rings. The van der Waals surface area contributed by atoms with E-state index in [4.69, 9.17) is 11.6 Å². The van der Waals surface area contributed by atoms with E-state index >= 15 is 0 Å². The third kappa shape index (κ3) is 1.90. The van der Waals surface area contributed by atoms with Gasteiger partial charge in [-0.15, -0.1) is 0 Å². The van der Waals surface area contributed by atoms with Crippen molar-refractivity contribution in [3.05, 3.63) is 40.8 Å². The summed E-state index contributed by atoms with van der Waals surface area (Å²) in [5, 5.41) is 1.38. The molecule has 0 spiro atoms. The van der Waals surface area contributed by atoms with Gasteiger partial charge < -0.3 is 0 Å². The van der Waals surface area contributed by atoms with E-state index in [1.807, 2.05) is 0 Å². The zero-order valence-electron chi connectivity index (χ0n) is 9.51. The number of pyridine rings is 1. The van der Waals surface area contributed by atoms with E-state index in [9.17, 15) is 4.39 Å². The van der Waals surface area contributed by atoms with E-state index in [1.54, 1.807) is 12.3 Å². The molecule has 1 heterocycles. The molecule has 0 fully saturated rings. The maximum Gasteiger partial charge on any atom is 0.123 e. The third-order valence-corrected chi connectivity index (χ3v) is 2.82. The standard InChI is InChI=1S/C13H13ClFN/c1-13(2,3)12-9-6-8(15)4-5-11(9)16-7-10(12)14/h4-7H,1-3H3. The molecule has 2 rings (SSSR count). The van der Waals surface area contributed by atoms with Gasteiger partial charge in [-0.3, -0.25) is 4.98 Å². The number of hydrogen-bond acceptors (Lipinski definition) is 1. The molecule has 0 bridgehead atoms. The Morgan fingerprint density at radius 3 is 2.56 bits per heavy atom. The SMILES string of the molecule is CC(C)(C)c1c(Cl)cnc2ccc(F)cc12. The molecular weight excluding hydrogens is 225 g/mol. The molecule has 0 N–H and O–H groups in total. The molecule has 0 unspecified atom stereocenters. The van der Waals surface area contributed by atoms with Gasteiger partial charge in [0, 0.05) is 11.6 Å². The highest BCUT2D eigenvalue weighted by Crippen LogP contribution is 2.34. The Kier molecular flexibility index (Phi) is 2.62. The molecular formula is C13H13ClFN. The monoisotopic (exact) mass is 237 g/mol.